The lowest BCUT2D eigenvalue weighted by Crippen LogP contribution is -2.21. The van der Waals surface area contributed by atoms with Crippen LogP contribution in [0.3, 0.4) is 0 Å². The number of hydrogen-bond donors (Lipinski definition) is 1. The summed E-state index contributed by atoms with van der Waals surface area (Å²) in [6.45, 7) is 8.35. The lowest BCUT2D eigenvalue weighted by molar-refractivity contribution is 0.300. The van der Waals surface area contributed by atoms with E-state index in [4.69, 9.17) is 4.74 Å². The number of allylic oxidation sites excluding steroid dienone is 3. The van der Waals surface area contributed by atoms with Gasteiger partial charge in [-0.25, -0.2) is 0 Å². The minimum absolute atomic E-state index is 0.154. The third kappa shape index (κ3) is 8.67. The molecule has 1 atom stereocenters. The molecule has 0 heterocycles. The van der Waals surface area contributed by atoms with Gasteiger partial charge >= 0.3 is 0 Å². The minimum Gasteiger partial charge on any atom is -0.497 e. The summed E-state index contributed by atoms with van der Waals surface area (Å²) in [5.41, 5.74) is 4.60. The smallest absolute Gasteiger partial charge is 0.114 e. The second kappa shape index (κ2) is 14.0. The van der Waals surface area contributed by atoms with Crippen molar-refractivity contribution in [3.8, 4) is 0 Å². The fourth-order valence-electron chi connectivity index (χ4n) is 3.30. The minimum atomic E-state index is 0.154. The maximum absolute atomic E-state index is 5.34. The average Bonchev–Trinajstić information content (AvgIpc) is 2.82. The van der Waals surface area contributed by atoms with Crippen LogP contribution in [0.2, 0.25) is 0 Å². The predicted molar refractivity (Wildman–Crippen MR) is 134 cm³/mol. The van der Waals surface area contributed by atoms with Gasteiger partial charge in [0, 0.05) is 24.8 Å². The standard InChI is InChI=1S/C28H36N2O/c1-5-7-16-27(20-19-24(6-2)23(3)31-4)30-28(25-14-10-8-11-15-25)21-22-29-26-17-12-9-13-18-26/h8-19,22,28,30H,3,5-7,20-21H2,1-2,4H3/b24-19-,27-16+,29-22-. The van der Waals surface area contributed by atoms with E-state index in [2.05, 4.69) is 73.2 Å². The second-order valence-electron chi connectivity index (χ2n) is 7.42. The van der Waals surface area contributed by atoms with Gasteiger partial charge < -0.3 is 10.1 Å². The summed E-state index contributed by atoms with van der Waals surface area (Å²) in [6, 6.07) is 20.8. The highest BCUT2D eigenvalue weighted by atomic mass is 16.5. The maximum atomic E-state index is 5.34. The average molecular weight is 417 g/mol. The lowest BCUT2D eigenvalue weighted by atomic mass is 10.0. The Morgan fingerprint density at radius 1 is 1.03 bits per heavy atom. The van der Waals surface area contributed by atoms with Gasteiger partial charge in [-0.05, 0) is 36.1 Å². The monoisotopic (exact) mass is 416 g/mol. The molecule has 0 aliphatic heterocycles. The van der Waals surface area contributed by atoms with Gasteiger partial charge in [-0.15, -0.1) is 0 Å². The van der Waals surface area contributed by atoms with Crippen LogP contribution in [0.1, 0.15) is 57.6 Å². The number of rotatable bonds is 13. The van der Waals surface area contributed by atoms with Crippen molar-refractivity contribution in [2.45, 2.75) is 52.0 Å². The number of hydrogen-bond acceptors (Lipinski definition) is 3. The van der Waals surface area contributed by atoms with Crippen LogP contribution < -0.4 is 5.32 Å². The van der Waals surface area contributed by atoms with E-state index in [-0.39, 0.29) is 6.04 Å². The molecule has 2 rings (SSSR count). The van der Waals surface area contributed by atoms with Gasteiger partial charge in [0.15, 0.2) is 0 Å². The number of ether oxygens (including phenoxy) is 1. The Morgan fingerprint density at radius 3 is 2.32 bits per heavy atom. The number of nitrogens with one attached hydrogen (secondary N) is 1. The summed E-state index contributed by atoms with van der Waals surface area (Å²) in [5.74, 6) is 0.743. The summed E-state index contributed by atoms with van der Waals surface area (Å²) in [5, 5.41) is 3.78. The van der Waals surface area contributed by atoms with Crippen LogP contribution in [0.5, 0.6) is 0 Å². The van der Waals surface area contributed by atoms with Crippen molar-refractivity contribution in [2.75, 3.05) is 7.11 Å². The summed E-state index contributed by atoms with van der Waals surface area (Å²) >= 11 is 0. The second-order valence-corrected chi connectivity index (χ2v) is 7.42. The molecule has 1 N–H and O–H groups in total. The molecule has 164 valence electrons. The Bertz CT molecular complexity index is 866. The van der Waals surface area contributed by atoms with E-state index in [1.165, 1.54) is 11.3 Å². The van der Waals surface area contributed by atoms with Crippen LogP contribution >= 0.6 is 0 Å². The molecule has 0 aromatic heterocycles. The van der Waals surface area contributed by atoms with Crippen molar-refractivity contribution in [3.63, 3.8) is 0 Å². The van der Waals surface area contributed by atoms with E-state index in [0.29, 0.717) is 0 Å². The van der Waals surface area contributed by atoms with Gasteiger partial charge in [-0.1, -0.05) is 87.5 Å². The van der Waals surface area contributed by atoms with Crippen molar-refractivity contribution in [2.24, 2.45) is 4.99 Å². The van der Waals surface area contributed by atoms with E-state index >= 15 is 0 Å². The third-order valence-corrected chi connectivity index (χ3v) is 5.13. The van der Waals surface area contributed by atoms with Gasteiger partial charge in [0.2, 0.25) is 0 Å². The molecule has 0 saturated heterocycles. The van der Waals surface area contributed by atoms with Gasteiger partial charge in [-0.3, -0.25) is 4.99 Å². The summed E-state index contributed by atoms with van der Waals surface area (Å²) < 4.78 is 5.34. The van der Waals surface area contributed by atoms with Crippen molar-refractivity contribution in [1.82, 2.24) is 5.32 Å². The highest BCUT2D eigenvalue weighted by Crippen LogP contribution is 2.21. The number of unbranched alkanes of at least 4 members (excludes halogenated alkanes) is 1. The first-order chi connectivity index (χ1) is 15.2. The summed E-state index contributed by atoms with van der Waals surface area (Å²) in [6.07, 6.45) is 11.2. The van der Waals surface area contributed by atoms with Gasteiger partial charge in [0.1, 0.15) is 5.76 Å². The largest absolute Gasteiger partial charge is 0.497 e. The first-order valence-electron chi connectivity index (χ1n) is 11.2. The zero-order valence-corrected chi connectivity index (χ0v) is 19.2. The number of para-hydroxylation sites is 1. The maximum Gasteiger partial charge on any atom is 0.114 e. The zero-order chi connectivity index (χ0) is 22.3. The Balaban J connectivity index is 2.20. The molecule has 0 radical (unpaired) electrons. The van der Waals surface area contributed by atoms with Crippen LogP contribution in [0.4, 0.5) is 5.69 Å². The van der Waals surface area contributed by atoms with Crippen LogP contribution in [-0.4, -0.2) is 13.3 Å². The Hall–Kier alpha value is -3.07. The number of methoxy groups -OCH3 is 1. The van der Waals surface area contributed by atoms with Gasteiger partial charge in [-0.2, -0.15) is 0 Å². The molecule has 0 fully saturated rings. The van der Waals surface area contributed by atoms with E-state index in [9.17, 15) is 0 Å². The SMILES string of the molecule is C=C(OC)/C(=C\C/C(=C\CCC)NC(C/C=N\c1ccccc1)c1ccccc1)CC. The molecule has 2 aromatic rings. The molecule has 0 aliphatic carbocycles. The molecule has 0 bridgehead atoms. The molecule has 0 amide bonds. The number of aliphatic imine (C=N–C) groups is 1. The zero-order valence-electron chi connectivity index (χ0n) is 19.2. The number of nitrogens with zero attached hydrogens (tertiary/aromatic N) is 1. The molecule has 2 aromatic carbocycles. The van der Waals surface area contributed by atoms with Gasteiger partial charge in [0.25, 0.3) is 0 Å². The molecule has 0 aliphatic rings. The van der Waals surface area contributed by atoms with Crippen LogP contribution in [0.25, 0.3) is 0 Å². The van der Waals surface area contributed by atoms with Crippen LogP contribution in [-0.2, 0) is 4.74 Å². The Labute approximate surface area is 188 Å². The highest BCUT2D eigenvalue weighted by Gasteiger charge is 2.11. The molecule has 1 unspecified atom stereocenters. The first-order valence-corrected chi connectivity index (χ1v) is 11.2. The van der Waals surface area contributed by atoms with Crippen LogP contribution in [0.15, 0.2) is 101 Å². The first kappa shape index (κ1) is 24.2. The van der Waals surface area contributed by atoms with E-state index in [1.807, 2.05) is 36.5 Å². The third-order valence-electron chi connectivity index (χ3n) is 5.13. The number of benzene rings is 2. The Kier molecular flexibility index (Phi) is 10.9. The normalized spacial score (nSPS) is 13.3. The fourth-order valence-corrected chi connectivity index (χ4v) is 3.30. The van der Waals surface area contributed by atoms with E-state index in [1.54, 1.807) is 7.11 Å². The molecule has 31 heavy (non-hydrogen) atoms. The molecule has 3 nitrogen and oxygen atoms in total. The van der Waals surface area contributed by atoms with E-state index < -0.39 is 0 Å². The van der Waals surface area contributed by atoms with Crippen molar-refractivity contribution in [3.05, 3.63) is 102 Å². The quantitative estimate of drug-likeness (QED) is 0.206. The predicted octanol–water partition coefficient (Wildman–Crippen LogP) is 7.68. The van der Waals surface area contributed by atoms with Crippen molar-refractivity contribution in [1.29, 1.82) is 0 Å². The molecular formula is C28H36N2O. The summed E-state index contributed by atoms with van der Waals surface area (Å²) in [4.78, 5) is 4.64. The molecule has 0 spiro atoms. The molecular weight excluding hydrogens is 380 g/mol. The summed E-state index contributed by atoms with van der Waals surface area (Å²) in [7, 11) is 1.68. The topological polar surface area (TPSA) is 33.6 Å². The molecule has 3 heteroatoms. The molecule has 0 saturated carbocycles. The van der Waals surface area contributed by atoms with E-state index in [0.717, 1.165) is 49.1 Å². The lowest BCUT2D eigenvalue weighted by Gasteiger charge is -2.21. The van der Waals surface area contributed by atoms with Crippen molar-refractivity contribution < 1.29 is 4.74 Å². The van der Waals surface area contributed by atoms with Gasteiger partial charge in [0.05, 0.1) is 18.8 Å². The Morgan fingerprint density at radius 2 is 1.71 bits per heavy atom. The highest BCUT2D eigenvalue weighted by molar-refractivity contribution is 5.64. The van der Waals surface area contributed by atoms with Crippen LogP contribution in [0, 0.1) is 0 Å². The van der Waals surface area contributed by atoms with Crippen molar-refractivity contribution >= 4 is 11.9 Å². The fraction of sp³-hybridized carbons (Fsp3) is 0.321.